The van der Waals surface area contributed by atoms with Crippen LogP contribution in [0, 0.1) is 12.8 Å². The first kappa shape index (κ1) is 15.9. The number of aromatic nitrogens is 1. The van der Waals surface area contributed by atoms with Crippen molar-refractivity contribution in [2.24, 2.45) is 5.92 Å². The standard InChI is InChI=1S/C14H24N2O2S2/c1-4-13-16-11(3)14(19-13)10(2)15-9-12-5-7-20(17,18)8-6-12/h10,12,15H,4-9H2,1-3H3/t10-/m0/s1. The molecule has 1 aliphatic heterocycles. The Balaban J connectivity index is 1.86. The molecule has 1 aromatic rings. The molecule has 1 fully saturated rings. The van der Waals surface area contributed by atoms with Crippen LogP contribution < -0.4 is 5.32 Å². The molecule has 1 aliphatic rings. The Hall–Kier alpha value is -0.460. The lowest BCUT2D eigenvalue weighted by atomic mass is 10.0. The average Bonchev–Trinajstić information content (AvgIpc) is 2.78. The zero-order chi connectivity index (χ0) is 14.8. The molecular formula is C14H24N2O2S2. The summed E-state index contributed by atoms with van der Waals surface area (Å²) in [5.41, 5.74) is 1.12. The fourth-order valence-corrected chi connectivity index (χ4v) is 5.22. The van der Waals surface area contributed by atoms with Crippen molar-refractivity contribution in [2.75, 3.05) is 18.1 Å². The molecule has 0 spiro atoms. The van der Waals surface area contributed by atoms with Gasteiger partial charge >= 0.3 is 0 Å². The van der Waals surface area contributed by atoms with Crippen molar-refractivity contribution in [3.8, 4) is 0 Å². The fourth-order valence-electron chi connectivity index (χ4n) is 2.60. The molecule has 0 aliphatic carbocycles. The minimum Gasteiger partial charge on any atom is -0.309 e. The number of nitrogens with one attached hydrogen (secondary N) is 1. The van der Waals surface area contributed by atoms with E-state index in [-0.39, 0.29) is 0 Å². The Kier molecular flexibility index (Phi) is 5.20. The first-order chi connectivity index (χ1) is 9.41. The molecule has 0 radical (unpaired) electrons. The second kappa shape index (κ2) is 6.54. The summed E-state index contributed by atoms with van der Waals surface area (Å²) in [6.07, 6.45) is 2.58. The van der Waals surface area contributed by atoms with Crippen LogP contribution in [0.4, 0.5) is 0 Å². The van der Waals surface area contributed by atoms with E-state index in [0.717, 1.165) is 31.5 Å². The first-order valence-corrected chi connectivity index (χ1v) is 9.95. The highest BCUT2D eigenvalue weighted by Crippen LogP contribution is 2.26. The molecular weight excluding hydrogens is 292 g/mol. The molecule has 1 aromatic heterocycles. The third-order valence-electron chi connectivity index (χ3n) is 3.96. The Bertz CT molecular complexity index is 538. The van der Waals surface area contributed by atoms with E-state index in [1.54, 1.807) is 11.3 Å². The van der Waals surface area contributed by atoms with Gasteiger partial charge in [-0.25, -0.2) is 13.4 Å². The van der Waals surface area contributed by atoms with Crippen LogP contribution in [0.15, 0.2) is 0 Å². The third-order valence-corrected chi connectivity index (χ3v) is 7.16. The van der Waals surface area contributed by atoms with Gasteiger partial charge in [0.15, 0.2) is 0 Å². The molecule has 0 aromatic carbocycles. The van der Waals surface area contributed by atoms with E-state index in [0.29, 0.717) is 23.5 Å². The van der Waals surface area contributed by atoms with Crippen molar-refractivity contribution < 1.29 is 8.42 Å². The summed E-state index contributed by atoms with van der Waals surface area (Å²) in [7, 11) is -2.75. The maximum atomic E-state index is 11.4. The molecule has 114 valence electrons. The lowest BCUT2D eigenvalue weighted by Crippen LogP contribution is -2.32. The zero-order valence-corrected chi connectivity index (χ0v) is 14.1. The molecule has 2 heterocycles. The minimum atomic E-state index is -2.75. The van der Waals surface area contributed by atoms with Crippen molar-refractivity contribution in [1.82, 2.24) is 10.3 Å². The van der Waals surface area contributed by atoms with E-state index < -0.39 is 9.84 Å². The molecule has 20 heavy (non-hydrogen) atoms. The molecule has 4 nitrogen and oxygen atoms in total. The van der Waals surface area contributed by atoms with Gasteiger partial charge in [0.05, 0.1) is 22.2 Å². The molecule has 0 bridgehead atoms. The summed E-state index contributed by atoms with van der Waals surface area (Å²) in [6, 6.07) is 0.298. The molecule has 1 saturated heterocycles. The van der Waals surface area contributed by atoms with Gasteiger partial charge in [-0.3, -0.25) is 0 Å². The molecule has 0 saturated carbocycles. The molecule has 1 N–H and O–H groups in total. The van der Waals surface area contributed by atoms with Gasteiger partial charge in [0.1, 0.15) is 9.84 Å². The molecule has 1 atom stereocenters. The zero-order valence-electron chi connectivity index (χ0n) is 12.5. The van der Waals surface area contributed by atoms with Gasteiger partial charge in [-0.2, -0.15) is 0 Å². The highest BCUT2D eigenvalue weighted by molar-refractivity contribution is 7.91. The van der Waals surface area contributed by atoms with Crippen LogP contribution in [0.1, 0.15) is 48.3 Å². The first-order valence-electron chi connectivity index (χ1n) is 7.31. The molecule has 0 amide bonds. The van der Waals surface area contributed by atoms with Crippen LogP contribution in [-0.4, -0.2) is 31.5 Å². The Morgan fingerprint density at radius 2 is 2.05 bits per heavy atom. The van der Waals surface area contributed by atoms with E-state index in [1.807, 2.05) is 0 Å². The number of rotatable bonds is 5. The largest absolute Gasteiger partial charge is 0.309 e. The van der Waals surface area contributed by atoms with Gasteiger partial charge in [-0.05, 0) is 45.6 Å². The van der Waals surface area contributed by atoms with Crippen LogP contribution >= 0.6 is 11.3 Å². The van der Waals surface area contributed by atoms with Gasteiger partial charge in [-0.15, -0.1) is 11.3 Å². The summed E-state index contributed by atoms with van der Waals surface area (Å²) in [4.78, 5) is 5.87. The van der Waals surface area contributed by atoms with Crippen molar-refractivity contribution in [1.29, 1.82) is 0 Å². The van der Waals surface area contributed by atoms with Gasteiger partial charge in [0.2, 0.25) is 0 Å². The Morgan fingerprint density at radius 1 is 1.40 bits per heavy atom. The summed E-state index contributed by atoms with van der Waals surface area (Å²) < 4.78 is 22.8. The van der Waals surface area contributed by atoms with E-state index in [9.17, 15) is 8.42 Å². The number of hydrogen-bond donors (Lipinski definition) is 1. The summed E-state index contributed by atoms with van der Waals surface area (Å²) in [5, 5.41) is 4.74. The van der Waals surface area contributed by atoms with Crippen molar-refractivity contribution in [3.05, 3.63) is 15.6 Å². The smallest absolute Gasteiger partial charge is 0.150 e. The van der Waals surface area contributed by atoms with Crippen molar-refractivity contribution >= 4 is 21.2 Å². The topological polar surface area (TPSA) is 59.1 Å². The van der Waals surface area contributed by atoms with Gasteiger partial charge in [0.25, 0.3) is 0 Å². The van der Waals surface area contributed by atoms with Crippen LogP contribution in [0.2, 0.25) is 0 Å². The van der Waals surface area contributed by atoms with E-state index in [2.05, 4.69) is 31.1 Å². The monoisotopic (exact) mass is 316 g/mol. The number of nitrogens with zero attached hydrogens (tertiary/aromatic N) is 1. The minimum absolute atomic E-state index is 0.298. The predicted octanol–water partition coefficient (Wildman–Crippen LogP) is 2.49. The Labute approximate surface area is 125 Å². The van der Waals surface area contributed by atoms with Crippen molar-refractivity contribution in [3.63, 3.8) is 0 Å². The lowest BCUT2D eigenvalue weighted by molar-refractivity contribution is 0.411. The van der Waals surface area contributed by atoms with E-state index in [1.165, 1.54) is 9.88 Å². The van der Waals surface area contributed by atoms with Gasteiger partial charge < -0.3 is 5.32 Å². The SMILES string of the molecule is CCc1nc(C)c([C@H](C)NCC2CCS(=O)(=O)CC2)s1. The number of sulfone groups is 1. The fraction of sp³-hybridized carbons (Fsp3) is 0.786. The number of thiazole rings is 1. The molecule has 0 unspecified atom stereocenters. The average molecular weight is 316 g/mol. The summed E-state index contributed by atoms with van der Waals surface area (Å²) in [5.74, 6) is 1.19. The molecule has 2 rings (SSSR count). The second-order valence-corrected chi connectivity index (χ2v) is 9.05. The van der Waals surface area contributed by atoms with Crippen LogP contribution in [0.5, 0.6) is 0 Å². The van der Waals surface area contributed by atoms with E-state index >= 15 is 0 Å². The third kappa shape index (κ3) is 4.02. The van der Waals surface area contributed by atoms with Gasteiger partial charge in [0, 0.05) is 10.9 Å². The van der Waals surface area contributed by atoms with E-state index in [4.69, 9.17) is 0 Å². The summed E-state index contributed by atoms with van der Waals surface area (Å²) >= 11 is 1.78. The predicted molar refractivity (Wildman–Crippen MR) is 84.0 cm³/mol. The second-order valence-electron chi connectivity index (χ2n) is 5.64. The molecule has 6 heteroatoms. The van der Waals surface area contributed by atoms with Crippen LogP contribution in [0.3, 0.4) is 0 Å². The normalized spacial score (nSPS) is 20.9. The van der Waals surface area contributed by atoms with Crippen LogP contribution in [0.25, 0.3) is 0 Å². The highest BCUT2D eigenvalue weighted by atomic mass is 32.2. The maximum absolute atomic E-state index is 11.4. The number of hydrogen-bond acceptors (Lipinski definition) is 5. The van der Waals surface area contributed by atoms with Crippen molar-refractivity contribution in [2.45, 2.75) is 46.1 Å². The lowest BCUT2D eigenvalue weighted by Gasteiger charge is -2.24. The van der Waals surface area contributed by atoms with Gasteiger partial charge in [-0.1, -0.05) is 6.92 Å². The Morgan fingerprint density at radius 3 is 2.60 bits per heavy atom. The quantitative estimate of drug-likeness (QED) is 0.906. The summed E-state index contributed by atoms with van der Waals surface area (Å²) in [6.45, 7) is 7.26. The van der Waals surface area contributed by atoms with Crippen LogP contribution in [-0.2, 0) is 16.3 Å². The highest BCUT2D eigenvalue weighted by Gasteiger charge is 2.24. The number of aryl methyl sites for hydroxylation is 2. The maximum Gasteiger partial charge on any atom is 0.150 e.